The molecule has 0 aliphatic heterocycles. The van der Waals surface area contributed by atoms with Crippen molar-refractivity contribution in [1.29, 1.82) is 0 Å². The fraction of sp³-hybridized carbons (Fsp3) is 0.538. The molecule has 1 saturated carbocycles. The lowest BCUT2D eigenvalue weighted by atomic mass is 9.93. The zero-order chi connectivity index (χ0) is 11.7. The van der Waals surface area contributed by atoms with Gasteiger partial charge < -0.3 is 5.11 Å². The predicted octanol–water partition coefficient (Wildman–Crippen LogP) is 3.50. The van der Waals surface area contributed by atoms with Gasteiger partial charge in [0.2, 0.25) is 0 Å². The number of hydrogen-bond donors (Lipinski definition) is 1. The number of halogens is 2. The zero-order valence-corrected chi connectivity index (χ0v) is 9.34. The Morgan fingerprint density at radius 1 is 1.19 bits per heavy atom. The van der Waals surface area contributed by atoms with Crippen LogP contribution in [0.3, 0.4) is 0 Å². The maximum Gasteiger partial charge on any atom is 0.129 e. The van der Waals surface area contributed by atoms with Crippen LogP contribution in [0.25, 0.3) is 0 Å². The van der Waals surface area contributed by atoms with E-state index in [1.165, 1.54) is 6.92 Å². The third-order valence-electron chi connectivity index (χ3n) is 3.44. The molecule has 0 spiro atoms. The lowest BCUT2D eigenvalue weighted by Crippen LogP contribution is -2.11. The standard InChI is InChI=1S/C13H16F2O/c1-8-6-12(15)10(7-11(8)14)13(16)9-4-2-3-5-9/h6-7,9,13,16H,2-5H2,1H3. The van der Waals surface area contributed by atoms with Crippen molar-refractivity contribution in [1.82, 2.24) is 0 Å². The Bertz CT molecular complexity index is 384. The first-order chi connectivity index (χ1) is 7.59. The van der Waals surface area contributed by atoms with Crippen LogP contribution in [-0.4, -0.2) is 5.11 Å². The van der Waals surface area contributed by atoms with Gasteiger partial charge in [0.05, 0.1) is 6.10 Å². The van der Waals surface area contributed by atoms with Gasteiger partial charge in [0, 0.05) is 5.56 Å². The van der Waals surface area contributed by atoms with E-state index in [-0.39, 0.29) is 17.0 Å². The maximum absolute atomic E-state index is 13.6. The van der Waals surface area contributed by atoms with E-state index in [1.807, 2.05) is 0 Å². The van der Waals surface area contributed by atoms with Gasteiger partial charge in [-0.1, -0.05) is 12.8 Å². The van der Waals surface area contributed by atoms with E-state index in [0.717, 1.165) is 37.8 Å². The number of aryl methyl sites for hydroxylation is 1. The van der Waals surface area contributed by atoms with Gasteiger partial charge >= 0.3 is 0 Å². The van der Waals surface area contributed by atoms with Gasteiger partial charge in [0.15, 0.2) is 0 Å². The zero-order valence-electron chi connectivity index (χ0n) is 9.34. The second-order valence-corrected chi connectivity index (χ2v) is 4.61. The molecule has 1 aliphatic carbocycles. The van der Waals surface area contributed by atoms with Gasteiger partial charge in [0.1, 0.15) is 11.6 Å². The van der Waals surface area contributed by atoms with Crippen LogP contribution in [-0.2, 0) is 0 Å². The van der Waals surface area contributed by atoms with Gasteiger partial charge in [-0.05, 0) is 43.4 Å². The molecule has 1 aromatic rings. The molecule has 1 nitrogen and oxygen atoms in total. The first kappa shape index (κ1) is 11.5. The summed E-state index contributed by atoms with van der Waals surface area (Å²) in [6.45, 7) is 1.52. The van der Waals surface area contributed by atoms with Crippen LogP contribution in [0.5, 0.6) is 0 Å². The highest BCUT2D eigenvalue weighted by atomic mass is 19.1. The summed E-state index contributed by atoms with van der Waals surface area (Å²) in [5.74, 6) is -0.872. The molecule has 1 aliphatic rings. The third-order valence-corrected chi connectivity index (χ3v) is 3.44. The molecule has 0 aromatic heterocycles. The molecule has 0 bridgehead atoms. The van der Waals surface area contributed by atoms with Gasteiger partial charge in [-0.3, -0.25) is 0 Å². The molecule has 1 fully saturated rings. The minimum atomic E-state index is -0.863. The summed E-state index contributed by atoms with van der Waals surface area (Å²) in [7, 11) is 0. The topological polar surface area (TPSA) is 20.2 Å². The molecule has 1 N–H and O–H groups in total. The predicted molar refractivity (Wildman–Crippen MR) is 58.0 cm³/mol. The van der Waals surface area contributed by atoms with Crippen molar-refractivity contribution >= 4 is 0 Å². The van der Waals surface area contributed by atoms with Gasteiger partial charge in [0.25, 0.3) is 0 Å². The largest absolute Gasteiger partial charge is 0.388 e. The Hall–Kier alpha value is -0.960. The number of rotatable bonds is 2. The number of benzene rings is 1. The van der Waals surface area contributed by atoms with E-state index >= 15 is 0 Å². The third kappa shape index (κ3) is 2.09. The van der Waals surface area contributed by atoms with Crippen LogP contribution < -0.4 is 0 Å². The van der Waals surface area contributed by atoms with Crippen molar-refractivity contribution in [3.63, 3.8) is 0 Å². The number of aliphatic hydroxyl groups excluding tert-OH is 1. The summed E-state index contributed by atoms with van der Waals surface area (Å²) in [6.07, 6.45) is 3.07. The molecule has 1 atom stereocenters. The van der Waals surface area contributed by atoms with Crippen LogP contribution in [0.1, 0.15) is 42.9 Å². The lowest BCUT2D eigenvalue weighted by molar-refractivity contribution is 0.107. The Balaban J connectivity index is 2.28. The molecular weight excluding hydrogens is 210 g/mol. The lowest BCUT2D eigenvalue weighted by Gasteiger charge is -2.19. The van der Waals surface area contributed by atoms with E-state index in [2.05, 4.69) is 0 Å². The maximum atomic E-state index is 13.6. The minimum Gasteiger partial charge on any atom is -0.388 e. The van der Waals surface area contributed by atoms with Crippen LogP contribution in [0.15, 0.2) is 12.1 Å². The first-order valence-corrected chi connectivity index (χ1v) is 5.73. The van der Waals surface area contributed by atoms with E-state index in [4.69, 9.17) is 0 Å². The van der Waals surface area contributed by atoms with Crippen molar-refractivity contribution in [3.05, 3.63) is 34.9 Å². The molecular formula is C13H16F2O. The van der Waals surface area contributed by atoms with Crippen LogP contribution >= 0.6 is 0 Å². The normalized spacial score (nSPS) is 19.0. The summed E-state index contributed by atoms with van der Waals surface area (Å²) < 4.78 is 26.9. The summed E-state index contributed by atoms with van der Waals surface area (Å²) in [5.41, 5.74) is 0.384. The van der Waals surface area contributed by atoms with Crippen LogP contribution in [0.4, 0.5) is 8.78 Å². The second kappa shape index (κ2) is 4.50. The van der Waals surface area contributed by atoms with Gasteiger partial charge in [-0.25, -0.2) is 8.78 Å². The summed E-state index contributed by atoms with van der Waals surface area (Å²) >= 11 is 0. The highest BCUT2D eigenvalue weighted by molar-refractivity contribution is 5.27. The molecule has 0 radical (unpaired) electrons. The molecule has 16 heavy (non-hydrogen) atoms. The molecule has 1 aromatic carbocycles. The summed E-state index contributed by atoms with van der Waals surface area (Å²) in [4.78, 5) is 0. The Kier molecular flexibility index (Phi) is 3.24. The first-order valence-electron chi connectivity index (χ1n) is 5.73. The van der Waals surface area contributed by atoms with Crippen molar-refractivity contribution in [2.45, 2.75) is 38.7 Å². The minimum absolute atomic E-state index is 0.0802. The van der Waals surface area contributed by atoms with E-state index in [0.29, 0.717) is 0 Å². The highest BCUT2D eigenvalue weighted by Crippen LogP contribution is 2.36. The molecule has 2 rings (SSSR count). The Morgan fingerprint density at radius 3 is 2.44 bits per heavy atom. The average Bonchev–Trinajstić information content (AvgIpc) is 2.75. The SMILES string of the molecule is Cc1cc(F)c(C(O)C2CCCC2)cc1F. The molecule has 1 unspecified atom stereocenters. The second-order valence-electron chi connectivity index (χ2n) is 4.61. The van der Waals surface area contributed by atoms with Crippen molar-refractivity contribution in [2.24, 2.45) is 5.92 Å². The Morgan fingerprint density at radius 2 is 1.81 bits per heavy atom. The highest BCUT2D eigenvalue weighted by Gasteiger charge is 2.27. The van der Waals surface area contributed by atoms with Crippen LogP contribution in [0.2, 0.25) is 0 Å². The van der Waals surface area contributed by atoms with Crippen molar-refractivity contribution in [3.8, 4) is 0 Å². The molecule has 88 valence electrons. The van der Waals surface area contributed by atoms with Gasteiger partial charge in [-0.15, -0.1) is 0 Å². The smallest absolute Gasteiger partial charge is 0.129 e. The summed E-state index contributed by atoms with van der Waals surface area (Å²) in [5, 5.41) is 10.0. The van der Waals surface area contributed by atoms with E-state index in [1.54, 1.807) is 0 Å². The van der Waals surface area contributed by atoms with Crippen molar-refractivity contribution in [2.75, 3.05) is 0 Å². The summed E-state index contributed by atoms with van der Waals surface area (Å²) in [6, 6.07) is 2.29. The fourth-order valence-electron chi connectivity index (χ4n) is 2.42. The van der Waals surface area contributed by atoms with E-state index < -0.39 is 17.7 Å². The van der Waals surface area contributed by atoms with Crippen molar-refractivity contribution < 1.29 is 13.9 Å². The molecule has 3 heteroatoms. The van der Waals surface area contributed by atoms with Gasteiger partial charge in [-0.2, -0.15) is 0 Å². The quantitative estimate of drug-likeness (QED) is 0.818. The monoisotopic (exact) mass is 226 g/mol. The molecule has 0 amide bonds. The fourth-order valence-corrected chi connectivity index (χ4v) is 2.42. The molecule has 0 heterocycles. The van der Waals surface area contributed by atoms with Crippen LogP contribution in [0, 0.1) is 24.5 Å². The average molecular weight is 226 g/mol. The number of hydrogen-bond acceptors (Lipinski definition) is 1. The number of aliphatic hydroxyl groups is 1. The van der Waals surface area contributed by atoms with E-state index in [9.17, 15) is 13.9 Å². The molecule has 0 saturated heterocycles. The Labute approximate surface area is 94.1 Å².